The van der Waals surface area contributed by atoms with E-state index < -0.39 is 5.44 Å². The highest BCUT2D eigenvalue weighted by atomic mass is 15.0. The zero-order valence-electron chi connectivity index (χ0n) is 13.8. The molecule has 1 aliphatic rings. The molecular formula is C17H31BN2. The topological polar surface area (TPSA) is 24.1 Å². The van der Waals surface area contributed by atoms with Crippen LogP contribution < -0.4 is 10.6 Å². The van der Waals surface area contributed by atoms with Gasteiger partial charge in [0.2, 0.25) is 0 Å². The fourth-order valence-electron chi connectivity index (χ4n) is 2.38. The van der Waals surface area contributed by atoms with Crippen LogP contribution in [0.2, 0.25) is 0 Å². The lowest BCUT2D eigenvalue weighted by atomic mass is 9.69. The molecule has 0 bridgehead atoms. The van der Waals surface area contributed by atoms with Crippen LogP contribution in [0.15, 0.2) is 24.6 Å². The summed E-state index contributed by atoms with van der Waals surface area (Å²) in [6.45, 7) is 18.0. The molecule has 0 aromatic carbocycles. The highest BCUT2D eigenvalue weighted by molar-refractivity contribution is 6.17. The molecule has 1 rings (SSSR count). The maximum atomic E-state index is 6.59. The van der Waals surface area contributed by atoms with Gasteiger partial charge in [-0.15, -0.1) is 0 Å². The summed E-state index contributed by atoms with van der Waals surface area (Å²) in [4.78, 5) is 0. The fraction of sp³-hybridized carbons (Fsp3) is 0.765. The first kappa shape index (κ1) is 17.2. The Morgan fingerprint density at radius 3 is 2.25 bits per heavy atom. The number of hydrogen-bond donors (Lipinski definition) is 2. The first-order chi connectivity index (χ1) is 9.24. The van der Waals surface area contributed by atoms with Crippen LogP contribution in [-0.4, -0.2) is 19.8 Å². The minimum absolute atomic E-state index is 0.503. The maximum absolute atomic E-state index is 6.59. The molecule has 0 heterocycles. The van der Waals surface area contributed by atoms with Crippen molar-refractivity contribution in [1.29, 1.82) is 0 Å². The van der Waals surface area contributed by atoms with Crippen LogP contribution in [0.25, 0.3) is 0 Å². The Kier molecular flexibility index (Phi) is 6.22. The molecule has 0 amide bonds. The van der Waals surface area contributed by atoms with Crippen LogP contribution >= 0.6 is 0 Å². The van der Waals surface area contributed by atoms with Gasteiger partial charge in [0.15, 0.2) is 0 Å². The van der Waals surface area contributed by atoms with Crippen LogP contribution in [0.3, 0.4) is 0 Å². The van der Waals surface area contributed by atoms with Crippen molar-refractivity contribution in [2.75, 3.05) is 6.54 Å². The summed E-state index contributed by atoms with van der Waals surface area (Å²) < 4.78 is 0. The van der Waals surface area contributed by atoms with Crippen molar-refractivity contribution in [1.82, 2.24) is 10.6 Å². The Morgan fingerprint density at radius 2 is 1.80 bits per heavy atom. The highest BCUT2D eigenvalue weighted by Gasteiger charge is 2.33. The van der Waals surface area contributed by atoms with E-state index in [0.717, 1.165) is 30.8 Å². The van der Waals surface area contributed by atoms with E-state index in [-0.39, 0.29) is 0 Å². The third kappa shape index (κ3) is 5.64. The fourth-order valence-corrected chi connectivity index (χ4v) is 2.38. The molecule has 3 heteroatoms. The zero-order chi connectivity index (χ0) is 15.3. The van der Waals surface area contributed by atoms with Crippen LogP contribution in [0.1, 0.15) is 53.4 Å². The molecule has 2 N–H and O–H groups in total. The summed E-state index contributed by atoms with van der Waals surface area (Å²) in [6.07, 6.45) is 4.44. The van der Waals surface area contributed by atoms with Crippen LogP contribution in [0.5, 0.6) is 0 Å². The van der Waals surface area contributed by atoms with E-state index in [2.05, 4.69) is 51.5 Å². The largest absolute Gasteiger partial charge is 0.388 e. The number of nitrogens with one attached hydrogen (secondary N) is 2. The van der Waals surface area contributed by atoms with Gasteiger partial charge in [-0.3, -0.25) is 0 Å². The molecule has 112 valence electrons. The van der Waals surface area contributed by atoms with E-state index in [1.165, 1.54) is 12.8 Å². The summed E-state index contributed by atoms with van der Waals surface area (Å²) in [5, 5.41) is 6.85. The van der Waals surface area contributed by atoms with Gasteiger partial charge in [0.1, 0.15) is 7.85 Å². The standard InChI is InChI=1S/C17H31BN2/c1-12(2)9-10-19-15(6)17(18,11-13(3)4)20-14(5)16-7-8-16/h12-13,16,19-20H,5-11H2,1-4H3/t17-/m0/s1. The second-order valence-electron chi connectivity index (χ2n) is 7.08. The number of rotatable bonds is 10. The Hall–Kier alpha value is -0.855. The van der Waals surface area contributed by atoms with Gasteiger partial charge in [0.25, 0.3) is 0 Å². The second-order valence-corrected chi connectivity index (χ2v) is 7.08. The van der Waals surface area contributed by atoms with Gasteiger partial charge in [-0.2, -0.15) is 0 Å². The van der Waals surface area contributed by atoms with E-state index in [1.54, 1.807) is 0 Å². The van der Waals surface area contributed by atoms with Crippen LogP contribution in [-0.2, 0) is 0 Å². The molecule has 0 spiro atoms. The van der Waals surface area contributed by atoms with E-state index >= 15 is 0 Å². The van der Waals surface area contributed by atoms with E-state index in [0.29, 0.717) is 17.8 Å². The SMILES string of the molecule is [B][C@@](CC(C)C)(NC(=C)C1CC1)C(=C)NCCC(C)C. The quantitative estimate of drug-likeness (QED) is 0.595. The van der Waals surface area contributed by atoms with Crippen molar-refractivity contribution >= 4 is 7.85 Å². The average Bonchev–Trinajstić information content (AvgIpc) is 3.10. The summed E-state index contributed by atoms with van der Waals surface area (Å²) >= 11 is 0. The van der Waals surface area contributed by atoms with Gasteiger partial charge in [0, 0.05) is 23.4 Å². The summed E-state index contributed by atoms with van der Waals surface area (Å²) in [5.41, 5.74) is 1.36. The first-order valence-electron chi connectivity index (χ1n) is 7.93. The summed E-state index contributed by atoms with van der Waals surface area (Å²) in [5.74, 6) is 1.79. The zero-order valence-corrected chi connectivity index (χ0v) is 13.8. The Bertz CT molecular complexity index is 345. The molecule has 1 fully saturated rings. The molecule has 0 aromatic rings. The molecule has 2 nitrogen and oxygen atoms in total. The molecule has 0 unspecified atom stereocenters. The lowest BCUT2D eigenvalue weighted by Gasteiger charge is -2.37. The molecule has 0 saturated heterocycles. The maximum Gasteiger partial charge on any atom is 0.112 e. The predicted molar refractivity (Wildman–Crippen MR) is 89.5 cm³/mol. The summed E-state index contributed by atoms with van der Waals surface area (Å²) in [6, 6.07) is 0. The third-order valence-corrected chi connectivity index (χ3v) is 3.78. The van der Waals surface area contributed by atoms with Gasteiger partial charge < -0.3 is 10.6 Å². The van der Waals surface area contributed by atoms with Crippen LogP contribution in [0.4, 0.5) is 0 Å². The van der Waals surface area contributed by atoms with Crippen LogP contribution in [0, 0.1) is 17.8 Å². The van der Waals surface area contributed by atoms with Gasteiger partial charge in [-0.1, -0.05) is 40.9 Å². The van der Waals surface area contributed by atoms with E-state index in [9.17, 15) is 0 Å². The van der Waals surface area contributed by atoms with Crippen molar-refractivity contribution in [2.24, 2.45) is 17.8 Å². The van der Waals surface area contributed by atoms with Gasteiger partial charge in [-0.25, -0.2) is 0 Å². The Labute approximate surface area is 126 Å². The van der Waals surface area contributed by atoms with E-state index in [1.807, 2.05) is 0 Å². The molecule has 20 heavy (non-hydrogen) atoms. The average molecular weight is 274 g/mol. The number of hydrogen-bond acceptors (Lipinski definition) is 2. The second kappa shape index (κ2) is 7.24. The highest BCUT2D eigenvalue weighted by Crippen LogP contribution is 2.36. The molecule has 1 aliphatic carbocycles. The van der Waals surface area contributed by atoms with Crippen molar-refractivity contribution in [3.8, 4) is 0 Å². The molecule has 2 radical (unpaired) electrons. The lowest BCUT2D eigenvalue weighted by Crippen LogP contribution is -2.51. The molecular weight excluding hydrogens is 243 g/mol. The van der Waals surface area contributed by atoms with Gasteiger partial charge in [-0.05, 0) is 43.4 Å². The first-order valence-corrected chi connectivity index (χ1v) is 7.93. The summed E-state index contributed by atoms with van der Waals surface area (Å²) in [7, 11) is 6.59. The van der Waals surface area contributed by atoms with Crippen molar-refractivity contribution in [3.05, 3.63) is 24.6 Å². The lowest BCUT2D eigenvalue weighted by molar-refractivity contribution is 0.414. The minimum atomic E-state index is -0.592. The van der Waals surface area contributed by atoms with Crippen molar-refractivity contribution in [3.63, 3.8) is 0 Å². The molecule has 1 atom stereocenters. The third-order valence-electron chi connectivity index (χ3n) is 3.78. The minimum Gasteiger partial charge on any atom is -0.388 e. The van der Waals surface area contributed by atoms with Gasteiger partial charge >= 0.3 is 0 Å². The van der Waals surface area contributed by atoms with Crippen molar-refractivity contribution in [2.45, 2.75) is 58.8 Å². The molecule has 0 aliphatic heterocycles. The Morgan fingerprint density at radius 1 is 1.20 bits per heavy atom. The smallest absolute Gasteiger partial charge is 0.112 e. The molecule has 0 aromatic heterocycles. The predicted octanol–water partition coefficient (Wildman–Crippen LogP) is 3.56. The molecule has 1 saturated carbocycles. The van der Waals surface area contributed by atoms with Crippen molar-refractivity contribution < 1.29 is 0 Å². The number of allylic oxidation sites excluding steroid dienone is 1. The normalized spacial score (nSPS) is 17.9. The van der Waals surface area contributed by atoms with E-state index in [4.69, 9.17) is 7.85 Å². The monoisotopic (exact) mass is 274 g/mol. The Balaban J connectivity index is 2.60. The van der Waals surface area contributed by atoms with Gasteiger partial charge in [0.05, 0.1) is 0 Å².